The third-order valence-corrected chi connectivity index (χ3v) is 2.47. The van der Waals surface area contributed by atoms with Crippen molar-refractivity contribution in [2.24, 2.45) is 5.73 Å². The molecule has 3 nitrogen and oxygen atoms in total. The summed E-state index contributed by atoms with van der Waals surface area (Å²) in [6.07, 6.45) is 0. The molecule has 1 rings (SSSR count). The minimum Gasteiger partial charge on any atom is -0.506 e. The molecule has 0 saturated carbocycles. The van der Waals surface area contributed by atoms with Crippen LogP contribution in [0.2, 0.25) is 0 Å². The Kier molecular flexibility index (Phi) is 3.71. The van der Waals surface area contributed by atoms with E-state index in [1.165, 1.54) is 13.2 Å². The van der Waals surface area contributed by atoms with E-state index < -0.39 is 12.7 Å². The predicted molar refractivity (Wildman–Crippen MR) is 55.3 cm³/mol. The summed E-state index contributed by atoms with van der Waals surface area (Å²) in [6, 6.07) is 2.27. The molecule has 0 radical (unpaired) electrons. The van der Waals surface area contributed by atoms with Crippen molar-refractivity contribution < 1.29 is 14.2 Å². The minimum absolute atomic E-state index is 0.0454. The van der Waals surface area contributed by atoms with Gasteiger partial charge >= 0.3 is 0 Å². The first kappa shape index (κ1) is 11.3. The molecule has 0 bridgehead atoms. The highest BCUT2D eigenvalue weighted by atomic mass is 79.9. The fraction of sp³-hybridized carbons (Fsp3) is 0.333. The molecule has 5 heteroatoms. The van der Waals surface area contributed by atoms with E-state index in [4.69, 9.17) is 10.5 Å². The Morgan fingerprint density at radius 1 is 1.64 bits per heavy atom. The number of alkyl halides is 1. The third kappa shape index (κ3) is 2.16. The fourth-order valence-corrected chi connectivity index (χ4v) is 1.53. The van der Waals surface area contributed by atoms with Gasteiger partial charge in [-0.25, -0.2) is 4.39 Å². The topological polar surface area (TPSA) is 55.5 Å². The van der Waals surface area contributed by atoms with Gasteiger partial charge in [0.15, 0.2) is 0 Å². The first-order valence-electron chi connectivity index (χ1n) is 3.98. The molecule has 0 aliphatic heterocycles. The van der Waals surface area contributed by atoms with Crippen LogP contribution in [0.3, 0.4) is 0 Å². The van der Waals surface area contributed by atoms with Gasteiger partial charge in [-0.2, -0.15) is 0 Å². The largest absolute Gasteiger partial charge is 0.506 e. The predicted octanol–water partition coefficient (Wildman–Crippen LogP) is 2.13. The molecule has 0 fully saturated rings. The number of ether oxygens (including phenoxy) is 1. The van der Waals surface area contributed by atoms with Crippen LogP contribution in [0.25, 0.3) is 0 Å². The van der Waals surface area contributed by atoms with E-state index >= 15 is 0 Å². The molecular formula is C9H11BrFNO2. The maximum Gasteiger partial charge on any atom is 0.134 e. The van der Waals surface area contributed by atoms with Gasteiger partial charge in [0.1, 0.15) is 18.2 Å². The number of methoxy groups -OCH3 is 1. The van der Waals surface area contributed by atoms with Crippen molar-refractivity contribution in [3.63, 3.8) is 0 Å². The molecular weight excluding hydrogens is 253 g/mol. The van der Waals surface area contributed by atoms with Crippen LogP contribution in [-0.2, 0) is 0 Å². The number of phenols is 1. The van der Waals surface area contributed by atoms with E-state index in [0.717, 1.165) is 0 Å². The molecule has 0 heterocycles. The first-order valence-corrected chi connectivity index (χ1v) is 4.77. The second-order valence-electron chi connectivity index (χ2n) is 2.81. The smallest absolute Gasteiger partial charge is 0.134 e. The Hall–Kier alpha value is -0.810. The van der Waals surface area contributed by atoms with Crippen molar-refractivity contribution in [1.29, 1.82) is 0 Å². The molecule has 0 spiro atoms. The zero-order valence-electron chi connectivity index (χ0n) is 7.63. The molecule has 0 aliphatic rings. The zero-order chi connectivity index (χ0) is 10.7. The Labute approximate surface area is 89.8 Å². The van der Waals surface area contributed by atoms with Crippen LogP contribution in [0.15, 0.2) is 16.6 Å². The Bertz CT molecular complexity index is 333. The van der Waals surface area contributed by atoms with Gasteiger partial charge in [0.2, 0.25) is 0 Å². The summed E-state index contributed by atoms with van der Waals surface area (Å²) in [5, 5.41) is 9.57. The molecule has 0 amide bonds. The first-order chi connectivity index (χ1) is 6.60. The summed E-state index contributed by atoms with van der Waals surface area (Å²) in [7, 11) is 1.49. The van der Waals surface area contributed by atoms with Gasteiger partial charge in [0.05, 0.1) is 17.6 Å². The van der Waals surface area contributed by atoms with Crippen LogP contribution in [0.4, 0.5) is 4.39 Å². The van der Waals surface area contributed by atoms with Crippen LogP contribution in [0.5, 0.6) is 11.5 Å². The molecule has 0 aromatic heterocycles. The average molecular weight is 264 g/mol. The summed E-state index contributed by atoms with van der Waals surface area (Å²) in [6.45, 7) is -0.729. The molecule has 1 atom stereocenters. The van der Waals surface area contributed by atoms with Crippen LogP contribution in [-0.4, -0.2) is 18.9 Å². The Balaban J connectivity index is 3.20. The van der Waals surface area contributed by atoms with Crippen molar-refractivity contribution in [2.75, 3.05) is 13.8 Å². The third-order valence-electron chi connectivity index (χ3n) is 1.87. The highest BCUT2D eigenvalue weighted by Gasteiger charge is 2.14. The lowest BCUT2D eigenvalue weighted by Crippen LogP contribution is -2.12. The molecule has 0 unspecified atom stereocenters. The normalized spacial score (nSPS) is 12.6. The summed E-state index contributed by atoms with van der Waals surface area (Å²) < 4.78 is 17.7. The fourth-order valence-electron chi connectivity index (χ4n) is 1.08. The van der Waals surface area contributed by atoms with E-state index in [1.54, 1.807) is 6.07 Å². The van der Waals surface area contributed by atoms with Gasteiger partial charge in [-0.05, 0) is 28.1 Å². The monoisotopic (exact) mass is 263 g/mol. The summed E-state index contributed by atoms with van der Waals surface area (Å²) >= 11 is 3.13. The van der Waals surface area contributed by atoms with Gasteiger partial charge < -0.3 is 15.6 Å². The molecule has 0 aliphatic carbocycles. The highest BCUT2D eigenvalue weighted by Crippen LogP contribution is 2.35. The number of benzene rings is 1. The lowest BCUT2D eigenvalue weighted by Gasteiger charge is -2.12. The second-order valence-corrected chi connectivity index (χ2v) is 3.66. The van der Waals surface area contributed by atoms with E-state index in [1.807, 2.05) is 0 Å². The number of rotatable bonds is 3. The van der Waals surface area contributed by atoms with Gasteiger partial charge in [0.25, 0.3) is 0 Å². The maximum absolute atomic E-state index is 12.3. The lowest BCUT2D eigenvalue weighted by atomic mass is 10.1. The molecule has 3 N–H and O–H groups in total. The van der Waals surface area contributed by atoms with Crippen molar-refractivity contribution in [1.82, 2.24) is 0 Å². The van der Waals surface area contributed by atoms with Crippen molar-refractivity contribution in [3.05, 3.63) is 22.2 Å². The van der Waals surface area contributed by atoms with Crippen LogP contribution in [0.1, 0.15) is 11.6 Å². The number of hydrogen-bond acceptors (Lipinski definition) is 3. The minimum atomic E-state index is -0.832. The van der Waals surface area contributed by atoms with Gasteiger partial charge in [-0.15, -0.1) is 0 Å². The quantitative estimate of drug-likeness (QED) is 0.879. The number of hydrogen-bond donors (Lipinski definition) is 2. The van der Waals surface area contributed by atoms with Crippen molar-refractivity contribution in [2.45, 2.75) is 6.04 Å². The van der Waals surface area contributed by atoms with Crippen molar-refractivity contribution in [3.8, 4) is 11.5 Å². The zero-order valence-corrected chi connectivity index (χ0v) is 9.21. The molecule has 1 aromatic carbocycles. The maximum atomic E-state index is 12.3. The Morgan fingerprint density at radius 3 is 2.79 bits per heavy atom. The SMILES string of the molecule is COc1cc(Br)c(O)c([C@@H](N)CF)c1. The van der Waals surface area contributed by atoms with Gasteiger partial charge in [-0.1, -0.05) is 0 Å². The number of nitrogens with two attached hydrogens (primary N) is 1. The highest BCUT2D eigenvalue weighted by molar-refractivity contribution is 9.10. The van der Waals surface area contributed by atoms with Gasteiger partial charge in [0, 0.05) is 5.56 Å². The van der Waals surface area contributed by atoms with E-state index in [0.29, 0.717) is 15.8 Å². The van der Waals surface area contributed by atoms with Crippen molar-refractivity contribution >= 4 is 15.9 Å². The Morgan fingerprint density at radius 2 is 2.29 bits per heavy atom. The van der Waals surface area contributed by atoms with Crippen LogP contribution >= 0.6 is 15.9 Å². The summed E-state index contributed by atoms with van der Waals surface area (Å²) in [5.74, 6) is 0.476. The number of aromatic hydroxyl groups is 1. The molecule has 14 heavy (non-hydrogen) atoms. The number of phenolic OH excluding ortho intramolecular Hbond substituents is 1. The summed E-state index contributed by atoms with van der Waals surface area (Å²) in [4.78, 5) is 0. The van der Waals surface area contributed by atoms with E-state index in [9.17, 15) is 9.50 Å². The second kappa shape index (κ2) is 4.61. The van der Waals surface area contributed by atoms with E-state index in [-0.39, 0.29) is 5.75 Å². The molecule has 1 aromatic rings. The van der Waals surface area contributed by atoms with Crippen LogP contribution in [0, 0.1) is 0 Å². The lowest BCUT2D eigenvalue weighted by molar-refractivity contribution is 0.397. The average Bonchev–Trinajstić information content (AvgIpc) is 2.20. The summed E-state index contributed by atoms with van der Waals surface area (Å²) in [5.41, 5.74) is 5.81. The molecule has 0 saturated heterocycles. The standard InChI is InChI=1S/C9H11BrFNO2/c1-14-5-2-6(8(12)4-11)9(13)7(10)3-5/h2-3,8,13H,4,12H2,1H3/t8-/m0/s1. The molecule has 78 valence electrons. The number of halogens is 2. The van der Waals surface area contributed by atoms with Gasteiger partial charge in [-0.3, -0.25) is 0 Å². The van der Waals surface area contributed by atoms with E-state index in [2.05, 4.69) is 15.9 Å². The van der Waals surface area contributed by atoms with Crippen LogP contribution < -0.4 is 10.5 Å².